The van der Waals surface area contributed by atoms with Gasteiger partial charge < -0.3 is 20.4 Å². The fraction of sp³-hybridized carbons (Fsp3) is 0.261. The first-order valence-electron chi connectivity index (χ1n) is 9.56. The Balaban J connectivity index is 1.80. The van der Waals surface area contributed by atoms with Gasteiger partial charge in [-0.05, 0) is 16.7 Å². The molecule has 0 fully saturated rings. The number of carboxylic acid groups (broad SMARTS) is 1. The molecule has 0 bridgehead atoms. The quantitative estimate of drug-likeness (QED) is 0.637. The lowest BCUT2D eigenvalue weighted by Gasteiger charge is -2.38. The van der Waals surface area contributed by atoms with Crippen molar-refractivity contribution in [3.63, 3.8) is 0 Å². The number of benzene rings is 2. The van der Waals surface area contributed by atoms with Crippen molar-refractivity contribution < 1.29 is 24.6 Å². The Labute approximate surface area is 174 Å². The third-order valence-corrected chi connectivity index (χ3v) is 5.03. The van der Waals surface area contributed by atoms with E-state index in [1.165, 1.54) is 4.90 Å². The number of carbonyl (C=O) groups is 3. The van der Waals surface area contributed by atoms with Gasteiger partial charge in [0.15, 0.2) is 0 Å². The minimum atomic E-state index is -1.23. The molecule has 7 heteroatoms. The van der Waals surface area contributed by atoms with E-state index in [1.807, 2.05) is 54.6 Å². The van der Waals surface area contributed by atoms with E-state index in [0.717, 1.165) is 16.7 Å². The molecule has 0 aromatic heterocycles. The lowest BCUT2D eigenvalue weighted by Crippen LogP contribution is -2.49. The smallest absolute Gasteiger partial charge is 0.322 e. The van der Waals surface area contributed by atoms with Gasteiger partial charge in [0.05, 0.1) is 0 Å². The Morgan fingerprint density at radius 3 is 2.23 bits per heavy atom. The average molecular weight is 408 g/mol. The van der Waals surface area contributed by atoms with Crippen LogP contribution < -0.4 is 5.32 Å². The summed E-state index contributed by atoms with van der Waals surface area (Å²) < 4.78 is 0. The van der Waals surface area contributed by atoms with E-state index < -0.39 is 35.3 Å². The number of amides is 2. The average Bonchev–Trinajstić information content (AvgIpc) is 2.72. The highest BCUT2D eigenvalue weighted by Crippen LogP contribution is 2.34. The van der Waals surface area contributed by atoms with Crippen LogP contribution in [0.3, 0.4) is 0 Å². The van der Waals surface area contributed by atoms with E-state index in [2.05, 4.69) is 5.32 Å². The van der Waals surface area contributed by atoms with Crippen LogP contribution in [-0.4, -0.2) is 46.0 Å². The van der Waals surface area contributed by atoms with Crippen molar-refractivity contribution in [1.82, 2.24) is 10.2 Å². The number of hydrogen-bond donors (Lipinski definition) is 3. The standard InChI is InChI=1S/C23H24N2O5/c1-23(2)14-25(22(30)19(20(23)28)21(29)24-12-18(26)27)13-15-8-10-17(11-9-15)16-6-4-3-5-7-16/h3-11,28H,12-14H2,1-2H3,(H,24,29)(H,26,27). The number of carboxylic acids is 1. The molecule has 7 nitrogen and oxygen atoms in total. The van der Waals surface area contributed by atoms with E-state index in [4.69, 9.17) is 5.11 Å². The van der Waals surface area contributed by atoms with Gasteiger partial charge in [-0.25, -0.2) is 0 Å². The first-order chi connectivity index (χ1) is 14.2. The number of nitrogens with one attached hydrogen (secondary N) is 1. The molecule has 2 aromatic rings. The van der Waals surface area contributed by atoms with Gasteiger partial charge >= 0.3 is 5.97 Å². The largest absolute Gasteiger partial charge is 0.511 e. The highest BCUT2D eigenvalue weighted by atomic mass is 16.4. The van der Waals surface area contributed by atoms with Gasteiger partial charge in [0.25, 0.3) is 11.8 Å². The van der Waals surface area contributed by atoms with Gasteiger partial charge in [-0.3, -0.25) is 14.4 Å². The minimum Gasteiger partial charge on any atom is -0.511 e. The summed E-state index contributed by atoms with van der Waals surface area (Å²) in [5.41, 5.74) is 1.77. The van der Waals surface area contributed by atoms with Crippen molar-refractivity contribution in [3.8, 4) is 11.1 Å². The van der Waals surface area contributed by atoms with Crippen molar-refractivity contribution in [2.75, 3.05) is 13.1 Å². The summed E-state index contributed by atoms with van der Waals surface area (Å²) in [6.07, 6.45) is 0. The number of rotatable bonds is 6. The van der Waals surface area contributed by atoms with Gasteiger partial charge in [0.1, 0.15) is 17.9 Å². The van der Waals surface area contributed by atoms with Crippen molar-refractivity contribution in [3.05, 3.63) is 71.5 Å². The summed E-state index contributed by atoms with van der Waals surface area (Å²) in [7, 11) is 0. The highest BCUT2D eigenvalue weighted by Gasteiger charge is 2.42. The number of hydrogen-bond acceptors (Lipinski definition) is 4. The van der Waals surface area contributed by atoms with E-state index in [-0.39, 0.29) is 18.8 Å². The zero-order chi connectivity index (χ0) is 21.9. The van der Waals surface area contributed by atoms with Crippen molar-refractivity contribution in [1.29, 1.82) is 0 Å². The molecule has 3 rings (SSSR count). The summed E-state index contributed by atoms with van der Waals surface area (Å²) in [6.45, 7) is 3.31. The Morgan fingerprint density at radius 1 is 1.03 bits per heavy atom. The maximum Gasteiger partial charge on any atom is 0.322 e. The van der Waals surface area contributed by atoms with E-state index in [1.54, 1.807) is 13.8 Å². The predicted molar refractivity (Wildman–Crippen MR) is 111 cm³/mol. The zero-order valence-corrected chi connectivity index (χ0v) is 16.9. The van der Waals surface area contributed by atoms with Crippen LogP contribution in [0.25, 0.3) is 11.1 Å². The molecule has 0 saturated heterocycles. The fourth-order valence-electron chi connectivity index (χ4n) is 3.45. The topological polar surface area (TPSA) is 107 Å². The number of aliphatic hydroxyl groups excluding tert-OH is 1. The van der Waals surface area contributed by atoms with Crippen LogP contribution in [0.1, 0.15) is 19.4 Å². The Kier molecular flexibility index (Phi) is 5.91. The van der Waals surface area contributed by atoms with E-state index in [9.17, 15) is 19.5 Å². The molecule has 0 aliphatic carbocycles. The molecular formula is C23H24N2O5. The maximum absolute atomic E-state index is 12.9. The number of nitrogens with zero attached hydrogens (tertiary/aromatic N) is 1. The molecule has 0 spiro atoms. The molecule has 2 amide bonds. The van der Waals surface area contributed by atoms with Gasteiger partial charge in [-0.2, -0.15) is 0 Å². The number of carbonyl (C=O) groups excluding carboxylic acids is 2. The van der Waals surface area contributed by atoms with Gasteiger partial charge in [-0.15, -0.1) is 0 Å². The molecule has 1 aliphatic rings. The first kappa shape index (κ1) is 21.1. The van der Waals surface area contributed by atoms with Crippen LogP contribution in [0.2, 0.25) is 0 Å². The molecule has 30 heavy (non-hydrogen) atoms. The summed E-state index contributed by atoms with van der Waals surface area (Å²) >= 11 is 0. The Hall–Kier alpha value is -3.61. The molecule has 2 aromatic carbocycles. The SMILES string of the molecule is CC1(C)CN(Cc2ccc(-c3ccccc3)cc2)C(=O)C(C(=O)NCC(=O)O)=C1O. The summed E-state index contributed by atoms with van der Waals surface area (Å²) in [4.78, 5) is 37.5. The third kappa shape index (κ3) is 4.51. The molecule has 1 aliphatic heterocycles. The van der Waals surface area contributed by atoms with Gasteiger partial charge in [-0.1, -0.05) is 68.4 Å². The van der Waals surface area contributed by atoms with Gasteiger partial charge in [0, 0.05) is 18.5 Å². The first-order valence-corrected chi connectivity index (χ1v) is 9.56. The fourth-order valence-corrected chi connectivity index (χ4v) is 3.45. The highest BCUT2D eigenvalue weighted by molar-refractivity contribution is 6.19. The Bertz CT molecular complexity index is 994. The second kappa shape index (κ2) is 8.41. The normalized spacial score (nSPS) is 15.8. The van der Waals surface area contributed by atoms with E-state index in [0.29, 0.717) is 0 Å². The molecule has 156 valence electrons. The second-order valence-corrected chi connectivity index (χ2v) is 7.91. The lowest BCUT2D eigenvalue weighted by atomic mass is 9.83. The van der Waals surface area contributed by atoms with Crippen LogP contribution in [0, 0.1) is 5.41 Å². The molecular weight excluding hydrogens is 384 g/mol. The summed E-state index contributed by atoms with van der Waals surface area (Å²) in [6, 6.07) is 17.7. The second-order valence-electron chi connectivity index (χ2n) is 7.91. The Morgan fingerprint density at radius 2 is 1.63 bits per heavy atom. The number of aliphatic hydroxyl groups is 1. The van der Waals surface area contributed by atoms with Crippen molar-refractivity contribution in [2.45, 2.75) is 20.4 Å². The van der Waals surface area contributed by atoms with Crippen molar-refractivity contribution >= 4 is 17.8 Å². The van der Waals surface area contributed by atoms with Crippen LogP contribution in [0.4, 0.5) is 0 Å². The molecule has 1 heterocycles. The molecule has 3 N–H and O–H groups in total. The molecule has 0 saturated carbocycles. The van der Waals surface area contributed by atoms with E-state index >= 15 is 0 Å². The third-order valence-electron chi connectivity index (χ3n) is 5.03. The predicted octanol–water partition coefficient (Wildman–Crippen LogP) is 2.73. The zero-order valence-electron chi connectivity index (χ0n) is 16.9. The van der Waals surface area contributed by atoms with Crippen LogP contribution in [-0.2, 0) is 20.9 Å². The van der Waals surface area contributed by atoms with Crippen LogP contribution in [0.15, 0.2) is 65.9 Å². The van der Waals surface area contributed by atoms with Crippen molar-refractivity contribution in [2.24, 2.45) is 5.41 Å². The monoisotopic (exact) mass is 408 g/mol. The van der Waals surface area contributed by atoms with Crippen LogP contribution >= 0.6 is 0 Å². The number of aliphatic carboxylic acids is 1. The lowest BCUT2D eigenvalue weighted by molar-refractivity contribution is -0.139. The molecule has 0 unspecified atom stereocenters. The molecule has 0 atom stereocenters. The minimum absolute atomic E-state index is 0.230. The van der Waals surface area contributed by atoms with Crippen LogP contribution in [0.5, 0.6) is 0 Å². The maximum atomic E-state index is 12.9. The summed E-state index contributed by atoms with van der Waals surface area (Å²) in [5.74, 6) is -3.08. The van der Waals surface area contributed by atoms with Gasteiger partial charge in [0.2, 0.25) is 0 Å². The molecule has 0 radical (unpaired) electrons. The summed E-state index contributed by atoms with van der Waals surface area (Å²) in [5, 5.41) is 21.4.